The predicted octanol–water partition coefficient (Wildman–Crippen LogP) is 0.408. The molecule has 120 valence electrons. The summed E-state index contributed by atoms with van der Waals surface area (Å²) >= 11 is 0. The topological polar surface area (TPSA) is 94.5 Å². The SMILES string of the molecule is CNC(=O)Cn1cc(NC(=O)C2COc3ccccc3O2)cn1. The highest BCUT2D eigenvalue weighted by molar-refractivity contribution is 5.94. The normalized spacial score (nSPS) is 15.8. The molecule has 8 nitrogen and oxygen atoms in total. The van der Waals surface area contributed by atoms with Crippen LogP contribution in [-0.2, 0) is 16.1 Å². The first-order valence-corrected chi connectivity index (χ1v) is 7.08. The molecule has 0 aliphatic carbocycles. The molecule has 0 bridgehead atoms. The minimum atomic E-state index is -0.743. The van der Waals surface area contributed by atoms with Crippen LogP contribution in [0.2, 0.25) is 0 Å². The number of anilines is 1. The Morgan fingerprint density at radius 3 is 2.91 bits per heavy atom. The molecule has 1 aromatic carbocycles. The van der Waals surface area contributed by atoms with Crippen LogP contribution in [0.4, 0.5) is 5.69 Å². The van der Waals surface area contributed by atoms with Crippen LogP contribution in [-0.4, -0.2) is 41.4 Å². The van der Waals surface area contributed by atoms with Gasteiger partial charge in [-0.15, -0.1) is 0 Å². The minimum Gasteiger partial charge on any atom is -0.485 e. The van der Waals surface area contributed by atoms with Gasteiger partial charge >= 0.3 is 0 Å². The summed E-state index contributed by atoms with van der Waals surface area (Å²) < 4.78 is 12.6. The van der Waals surface area contributed by atoms with E-state index in [-0.39, 0.29) is 25.0 Å². The lowest BCUT2D eigenvalue weighted by molar-refractivity contribution is -0.125. The molecule has 8 heteroatoms. The summed E-state index contributed by atoms with van der Waals surface area (Å²) in [6, 6.07) is 7.18. The third-order valence-corrected chi connectivity index (χ3v) is 3.29. The minimum absolute atomic E-state index is 0.0861. The Hall–Kier alpha value is -3.03. The zero-order valence-corrected chi connectivity index (χ0v) is 12.5. The Morgan fingerprint density at radius 1 is 1.35 bits per heavy atom. The Labute approximate surface area is 132 Å². The van der Waals surface area contributed by atoms with Crippen molar-refractivity contribution in [1.82, 2.24) is 15.1 Å². The number of carbonyl (C=O) groups is 2. The van der Waals surface area contributed by atoms with Gasteiger partial charge in [0.15, 0.2) is 11.5 Å². The number of rotatable bonds is 4. The lowest BCUT2D eigenvalue weighted by Gasteiger charge is -2.25. The van der Waals surface area contributed by atoms with Gasteiger partial charge in [-0.25, -0.2) is 0 Å². The summed E-state index contributed by atoms with van der Waals surface area (Å²) in [6.07, 6.45) is 2.30. The van der Waals surface area contributed by atoms with Gasteiger partial charge in [-0.1, -0.05) is 12.1 Å². The largest absolute Gasteiger partial charge is 0.485 e. The Morgan fingerprint density at radius 2 is 2.13 bits per heavy atom. The molecule has 2 N–H and O–H groups in total. The second kappa shape index (κ2) is 6.39. The van der Waals surface area contributed by atoms with E-state index in [1.165, 1.54) is 10.9 Å². The molecule has 2 amide bonds. The van der Waals surface area contributed by atoms with Crippen molar-refractivity contribution in [3.05, 3.63) is 36.7 Å². The molecule has 1 aliphatic heterocycles. The third kappa shape index (κ3) is 3.42. The highest BCUT2D eigenvalue weighted by Gasteiger charge is 2.27. The Bertz CT molecular complexity index is 728. The van der Waals surface area contributed by atoms with Gasteiger partial charge < -0.3 is 20.1 Å². The van der Waals surface area contributed by atoms with Crippen molar-refractivity contribution in [2.75, 3.05) is 19.0 Å². The fraction of sp³-hybridized carbons (Fsp3) is 0.267. The number of benzene rings is 1. The van der Waals surface area contributed by atoms with Crippen molar-refractivity contribution < 1.29 is 19.1 Å². The smallest absolute Gasteiger partial charge is 0.269 e. The fourth-order valence-corrected chi connectivity index (χ4v) is 2.11. The molecule has 23 heavy (non-hydrogen) atoms. The number of ether oxygens (including phenoxy) is 2. The summed E-state index contributed by atoms with van der Waals surface area (Å²) in [7, 11) is 1.55. The average molecular weight is 316 g/mol. The summed E-state index contributed by atoms with van der Waals surface area (Å²) in [5.41, 5.74) is 0.487. The van der Waals surface area contributed by atoms with Crippen LogP contribution in [0.25, 0.3) is 0 Å². The van der Waals surface area contributed by atoms with E-state index in [0.717, 1.165) is 0 Å². The fourth-order valence-electron chi connectivity index (χ4n) is 2.11. The van der Waals surface area contributed by atoms with Crippen molar-refractivity contribution in [2.45, 2.75) is 12.6 Å². The van der Waals surface area contributed by atoms with E-state index in [1.54, 1.807) is 25.4 Å². The van der Waals surface area contributed by atoms with Gasteiger partial charge in [0.05, 0.1) is 11.9 Å². The molecule has 3 rings (SSSR count). The van der Waals surface area contributed by atoms with Gasteiger partial charge in [0.25, 0.3) is 5.91 Å². The van der Waals surface area contributed by atoms with Crippen LogP contribution < -0.4 is 20.1 Å². The molecule has 0 radical (unpaired) electrons. The molecule has 1 aliphatic rings. The van der Waals surface area contributed by atoms with Crippen molar-refractivity contribution in [1.29, 1.82) is 0 Å². The lowest BCUT2D eigenvalue weighted by Crippen LogP contribution is -2.40. The number of fused-ring (bicyclic) bond motifs is 1. The number of aromatic nitrogens is 2. The van der Waals surface area contributed by atoms with Crippen molar-refractivity contribution >= 4 is 17.5 Å². The number of amides is 2. The lowest BCUT2D eigenvalue weighted by atomic mass is 10.2. The van der Waals surface area contributed by atoms with Gasteiger partial charge in [0.1, 0.15) is 13.2 Å². The standard InChI is InChI=1S/C15H16N4O4/c1-16-14(20)8-19-7-10(6-17-19)18-15(21)13-9-22-11-4-2-3-5-12(11)23-13/h2-7,13H,8-9H2,1H3,(H,16,20)(H,18,21). The third-order valence-electron chi connectivity index (χ3n) is 3.29. The Balaban J connectivity index is 1.61. The van der Waals surface area contributed by atoms with Gasteiger partial charge in [0, 0.05) is 13.2 Å². The molecule has 0 fully saturated rings. The molecule has 0 saturated carbocycles. The predicted molar refractivity (Wildman–Crippen MR) is 81.3 cm³/mol. The van der Waals surface area contributed by atoms with E-state index >= 15 is 0 Å². The summed E-state index contributed by atoms with van der Waals surface area (Å²) in [6.45, 7) is 0.220. The second-order valence-electron chi connectivity index (χ2n) is 4.95. The van der Waals surface area contributed by atoms with Crippen molar-refractivity contribution in [3.63, 3.8) is 0 Å². The second-order valence-corrected chi connectivity index (χ2v) is 4.95. The van der Waals surface area contributed by atoms with Crippen LogP contribution in [0.1, 0.15) is 0 Å². The molecule has 1 unspecified atom stereocenters. The molecular formula is C15H16N4O4. The monoisotopic (exact) mass is 316 g/mol. The van der Waals surface area contributed by atoms with E-state index in [1.807, 2.05) is 12.1 Å². The number of hydrogen-bond acceptors (Lipinski definition) is 5. The first kappa shape index (κ1) is 14.9. The first-order chi connectivity index (χ1) is 11.2. The zero-order chi connectivity index (χ0) is 16.2. The maximum absolute atomic E-state index is 12.2. The van der Waals surface area contributed by atoms with Gasteiger partial charge in [-0.3, -0.25) is 14.3 Å². The first-order valence-electron chi connectivity index (χ1n) is 7.08. The number of likely N-dealkylation sites (N-methyl/N-ethyl adjacent to an activating group) is 1. The summed E-state index contributed by atoms with van der Waals surface area (Å²) in [4.78, 5) is 23.5. The molecule has 0 saturated heterocycles. The van der Waals surface area contributed by atoms with Crippen LogP contribution in [0, 0.1) is 0 Å². The molecule has 1 atom stereocenters. The van der Waals surface area contributed by atoms with Gasteiger partial charge in [-0.05, 0) is 12.1 Å². The van der Waals surface area contributed by atoms with Crippen LogP contribution in [0.3, 0.4) is 0 Å². The van der Waals surface area contributed by atoms with Gasteiger partial charge in [-0.2, -0.15) is 5.10 Å². The molecular weight excluding hydrogens is 300 g/mol. The van der Waals surface area contributed by atoms with Crippen LogP contribution in [0.15, 0.2) is 36.7 Å². The van der Waals surface area contributed by atoms with E-state index in [9.17, 15) is 9.59 Å². The zero-order valence-electron chi connectivity index (χ0n) is 12.5. The summed E-state index contributed by atoms with van der Waals surface area (Å²) in [5, 5.41) is 9.20. The molecule has 1 aromatic heterocycles. The molecule has 2 heterocycles. The Kier molecular flexibility index (Phi) is 4.13. The van der Waals surface area contributed by atoms with Crippen LogP contribution in [0.5, 0.6) is 11.5 Å². The molecule has 0 spiro atoms. The van der Waals surface area contributed by atoms with E-state index < -0.39 is 6.10 Å². The van der Waals surface area contributed by atoms with E-state index in [0.29, 0.717) is 17.2 Å². The molecule has 2 aromatic rings. The number of nitrogens with one attached hydrogen (secondary N) is 2. The number of hydrogen-bond donors (Lipinski definition) is 2. The van der Waals surface area contributed by atoms with Gasteiger partial charge in [0.2, 0.25) is 12.0 Å². The van der Waals surface area contributed by atoms with E-state index in [4.69, 9.17) is 9.47 Å². The average Bonchev–Trinajstić information content (AvgIpc) is 3.01. The highest BCUT2D eigenvalue weighted by Crippen LogP contribution is 2.31. The van der Waals surface area contributed by atoms with E-state index in [2.05, 4.69) is 15.7 Å². The quantitative estimate of drug-likeness (QED) is 0.852. The number of carbonyl (C=O) groups excluding carboxylic acids is 2. The van der Waals surface area contributed by atoms with Crippen molar-refractivity contribution in [3.8, 4) is 11.5 Å². The maximum atomic E-state index is 12.2. The number of para-hydroxylation sites is 2. The van der Waals surface area contributed by atoms with Crippen molar-refractivity contribution in [2.24, 2.45) is 0 Å². The summed E-state index contributed by atoms with van der Waals surface area (Å²) in [5.74, 6) is 0.648. The highest BCUT2D eigenvalue weighted by atomic mass is 16.6. The van der Waals surface area contributed by atoms with Crippen LogP contribution >= 0.6 is 0 Å². The maximum Gasteiger partial charge on any atom is 0.269 e. The number of nitrogens with zero attached hydrogens (tertiary/aromatic N) is 2.